The van der Waals surface area contributed by atoms with Gasteiger partial charge < -0.3 is 10.6 Å². The summed E-state index contributed by atoms with van der Waals surface area (Å²) in [4.78, 5) is 0.819. The van der Waals surface area contributed by atoms with Gasteiger partial charge in [-0.3, -0.25) is 4.21 Å². The molecule has 1 atom stereocenters. The standard InChI is InChI=1S/C16H20N2OS/c1-12(2)17-15-10-9-14(11-16(15)20(3)19)18-13-7-5-4-6-8-13/h4-12,17-18H,1-3H3. The number of para-hydroxylation sites is 1. The van der Waals surface area contributed by atoms with Crippen LogP contribution in [0.25, 0.3) is 0 Å². The van der Waals surface area contributed by atoms with E-state index in [1.54, 1.807) is 6.26 Å². The molecule has 2 aromatic rings. The molecule has 0 amide bonds. The van der Waals surface area contributed by atoms with E-state index in [4.69, 9.17) is 0 Å². The average Bonchev–Trinajstić information content (AvgIpc) is 2.41. The molecule has 2 N–H and O–H groups in total. The van der Waals surface area contributed by atoms with Crippen molar-refractivity contribution >= 4 is 27.9 Å². The number of anilines is 3. The minimum atomic E-state index is -1.03. The molecule has 0 aromatic heterocycles. The lowest BCUT2D eigenvalue weighted by Gasteiger charge is -2.15. The van der Waals surface area contributed by atoms with Gasteiger partial charge in [-0.05, 0) is 44.2 Å². The predicted molar refractivity (Wildman–Crippen MR) is 87.3 cm³/mol. The molecule has 2 rings (SSSR count). The van der Waals surface area contributed by atoms with E-state index >= 15 is 0 Å². The topological polar surface area (TPSA) is 41.1 Å². The van der Waals surface area contributed by atoms with Crippen molar-refractivity contribution in [2.24, 2.45) is 0 Å². The van der Waals surface area contributed by atoms with Crippen LogP contribution >= 0.6 is 0 Å². The van der Waals surface area contributed by atoms with Gasteiger partial charge in [-0.1, -0.05) is 18.2 Å². The highest BCUT2D eigenvalue weighted by Crippen LogP contribution is 2.26. The molecule has 0 aliphatic heterocycles. The fraction of sp³-hybridized carbons (Fsp3) is 0.250. The molecule has 106 valence electrons. The zero-order valence-corrected chi connectivity index (χ0v) is 12.8. The van der Waals surface area contributed by atoms with Crippen LogP contribution in [0.4, 0.5) is 17.1 Å². The molecule has 0 aliphatic carbocycles. The number of hydrogen-bond acceptors (Lipinski definition) is 3. The Morgan fingerprint density at radius 3 is 2.30 bits per heavy atom. The van der Waals surface area contributed by atoms with Crippen molar-refractivity contribution in [3.8, 4) is 0 Å². The van der Waals surface area contributed by atoms with Crippen molar-refractivity contribution in [2.45, 2.75) is 24.8 Å². The van der Waals surface area contributed by atoms with Crippen molar-refractivity contribution < 1.29 is 4.21 Å². The predicted octanol–water partition coefficient (Wildman–Crippen LogP) is 3.99. The largest absolute Gasteiger partial charge is 0.382 e. The van der Waals surface area contributed by atoms with Crippen LogP contribution < -0.4 is 10.6 Å². The summed E-state index contributed by atoms with van der Waals surface area (Å²) >= 11 is 0. The molecular weight excluding hydrogens is 268 g/mol. The van der Waals surface area contributed by atoms with E-state index in [0.717, 1.165) is 22.0 Å². The molecule has 1 unspecified atom stereocenters. The second-order valence-corrected chi connectivity index (χ2v) is 6.30. The molecular formula is C16H20N2OS. The summed E-state index contributed by atoms with van der Waals surface area (Å²) in [5.41, 5.74) is 2.89. The van der Waals surface area contributed by atoms with Crippen molar-refractivity contribution in [3.63, 3.8) is 0 Å². The fourth-order valence-electron chi connectivity index (χ4n) is 1.96. The van der Waals surface area contributed by atoms with Crippen LogP contribution in [0.2, 0.25) is 0 Å². The lowest BCUT2D eigenvalue weighted by atomic mass is 10.2. The van der Waals surface area contributed by atoms with E-state index < -0.39 is 10.8 Å². The third kappa shape index (κ3) is 3.84. The van der Waals surface area contributed by atoms with Gasteiger partial charge in [0, 0.05) is 23.7 Å². The highest BCUT2D eigenvalue weighted by Gasteiger charge is 2.08. The van der Waals surface area contributed by atoms with E-state index in [9.17, 15) is 4.21 Å². The van der Waals surface area contributed by atoms with Crippen LogP contribution in [0.15, 0.2) is 53.4 Å². The SMILES string of the molecule is CC(C)Nc1ccc(Nc2ccccc2)cc1S(C)=O. The Bertz CT molecular complexity index is 597. The zero-order valence-electron chi connectivity index (χ0n) is 12.0. The quantitative estimate of drug-likeness (QED) is 0.874. The Labute approximate surface area is 122 Å². The fourth-order valence-corrected chi connectivity index (χ4v) is 2.69. The third-order valence-corrected chi connectivity index (χ3v) is 3.76. The minimum Gasteiger partial charge on any atom is -0.382 e. The van der Waals surface area contributed by atoms with Gasteiger partial charge in [0.25, 0.3) is 0 Å². The zero-order chi connectivity index (χ0) is 14.5. The van der Waals surface area contributed by atoms with Gasteiger partial charge >= 0.3 is 0 Å². The Morgan fingerprint density at radius 2 is 1.70 bits per heavy atom. The van der Waals surface area contributed by atoms with Crippen molar-refractivity contribution in [2.75, 3.05) is 16.9 Å². The first-order valence-corrected chi connectivity index (χ1v) is 8.18. The van der Waals surface area contributed by atoms with E-state index in [2.05, 4.69) is 24.5 Å². The van der Waals surface area contributed by atoms with Gasteiger partial charge in [-0.2, -0.15) is 0 Å². The van der Waals surface area contributed by atoms with Gasteiger partial charge in [-0.15, -0.1) is 0 Å². The summed E-state index contributed by atoms with van der Waals surface area (Å²) in [6.07, 6.45) is 1.70. The first-order valence-electron chi connectivity index (χ1n) is 6.62. The Balaban J connectivity index is 2.28. The maximum atomic E-state index is 11.9. The van der Waals surface area contributed by atoms with E-state index in [1.807, 2.05) is 48.5 Å². The highest BCUT2D eigenvalue weighted by atomic mass is 32.2. The number of nitrogens with one attached hydrogen (secondary N) is 2. The second-order valence-electron chi connectivity index (χ2n) is 4.96. The van der Waals surface area contributed by atoms with Gasteiger partial charge in [0.05, 0.1) is 21.4 Å². The van der Waals surface area contributed by atoms with Crippen molar-refractivity contribution in [3.05, 3.63) is 48.5 Å². The smallest absolute Gasteiger partial charge is 0.0637 e. The Hall–Kier alpha value is -1.81. The minimum absolute atomic E-state index is 0.310. The molecule has 20 heavy (non-hydrogen) atoms. The molecule has 0 heterocycles. The van der Waals surface area contributed by atoms with E-state index in [-0.39, 0.29) is 0 Å². The van der Waals surface area contributed by atoms with Gasteiger partial charge in [0.2, 0.25) is 0 Å². The van der Waals surface area contributed by atoms with E-state index in [0.29, 0.717) is 6.04 Å². The number of benzene rings is 2. The van der Waals surface area contributed by atoms with Gasteiger partial charge in [0.15, 0.2) is 0 Å². The van der Waals surface area contributed by atoms with Crippen LogP contribution in [0, 0.1) is 0 Å². The van der Waals surface area contributed by atoms with Crippen LogP contribution in [-0.4, -0.2) is 16.5 Å². The summed E-state index contributed by atoms with van der Waals surface area (Å²) < 4.78 is 11.9. The first-order chi connectivity index (χ1) is 9.56. The lowest BCUT2D eigenvalue weighted by molar-refractivity contribution is 0.687. The molecule has 3 nitrogen and oxygen atoms in total. The summed E-state index contributed by atoms with van der Waals surface area (Å²) in [6, 6.07) is 16.2. The molecule has 0 fully saturated rings. The molecule has 0 aliphatic rings. The second kappa shape index (κ2) is 6.57. The van der Waals surface area contributed by atoms with Crippen molar-refractivity contribution in [1.82, 2.24) is 0 Å². The van der Waals surface area contributed by atoms with E-state index in [1.165, 1.54) is 0 Å². The normalized spacial score (nSPS) is 12.2. The number of rotatable bonds is 5. The van der Waals surface area contributed by atoms with Crippen LogP contribution in [0.1, 0.15) is 13.8 Å². The maximum Gasteiger partial charge on any atom is 0.0637 e. The monoisotopic (exact) mass is 288 g/mol. The molecule has 0 saturated heterocycles. The average molecular weight is 288 g/mol. The van der Waals surface area contributed by atoms with Gasteiger partial charge in [-0.25, -0.2) is 0 Å². The maximum absolute atomic E-state index is 11.9. The number of hydrogen-bond donors (Lipinski definition) is 2. The summed E-state index contributed by atoms with van der Waals surface area (Å²) in [5, 5.41) is 6.64. The lowest BCUT2D eigenvalue weighted by Crippen LogP contribution is -2.12. The summed E-state index contributed by atoms with van der Waals surface area (Å²) in [6.45, 7) is 4.14. The molecule has 0 spiro atoms. The molecule has 0 bridgehead atoms. The van der Waals surface area contributed by atoms with Gasteiger partial charge in [0.1, 0.15) is 0 Å². The summed E-state index contributed by atoms with van der Waals surface area (Å²) in [5.74, 6) is 0. The molecule has 0 saturated carbocycles. The van der Waals surface area contributed by atoms with Crippen LogP contribution in [0.5, 0.6) is 0 Å². The van der Waals surface area contributed by atoms with Crippen molar-refractivity contribution in [1.29, 1.82) is 0 Å². The Kier molecular flexibility index (Phi) is 4.79. The molecule has 0 radical (unpaired) electrons. The van der Waals surface area contributed by atoms with Crippen LogP contribution in [-0.2, 0) is 10.8 Å². The third-order valence-electron chi connectivity index (χ3n) is 2.80. The molecule has 4 heteroatoms. The molecule has 2 aromatic carbocycles. The van der Waals surface area contributed by atoms with Crippen LogP contribution in [0.3, 0.4) is 0 Å². The summed E-state index contributed by atoms with van der Waals surface area (Å²) in [7, 11) is -1.03. The first kappa shape index (κ1) is 14.6. The highest BCUT2D eigenvalue weighted by molar-refractivity contribution is 7.84. The Morgan fingerprint density at radius 1 is 1.00 bits per heavy atom.